The number of carbonyl (C=O) groups excluding carboxylic acids is 2. The van der Waals surface area contributed by atoms with Crippen LogP contribution in [0.1, 0.15) is 27.1 Å². The van der Waals surface area contributed by atoms with Crippen molar-refractivity contribution < 1.29 is 9.59 Å². The lowest BCUT2D eigenvalue weighted by atomic mass is 10.1. The van der Waals surface area contributed by atoms with Gasteiger partial charge in [-0.15, -0.1) is 12.4 Å². The van der Waals surface area contributed by atoms with Gasteiger partial charge in [-0.3, -0.25) is 9.59 Å². The number of halogens is 1. The molecular formula is C28H34ClN5O2. The van der Waals surface area contributed by atoms with E-state index in [1.54, 1.807) is 24.3 Å². The first-order valence-corrected chi connectivity index (χ1v) is 11.9. The SMILES string of the molecule is CN1CCCN(c2ccc(C(=O)Nc3ccccc3C(=O)Nc3ccc(N(C)C)cc3)cc2)CC1.Cl. The molecule has 0 aromatic heterocycles. The van der Waals surface area contributed by atoms with Gasteiger partial charge in [0.2, 0.25) is 0 Å². The Morgan fingerprint density at radius 1 is 0.778 bits per heavy atom. The Labute approximate surface area is 219 Å². The van der Waals surface area contributed by atoms with Crippen LogP contribution in [-0.2, 0) is 0 Å². The van der Waals surface area contributed by atoms with E-state index >= 15 is 0 Å². The summed E-state index contributed by atoms with van der Waals surface area (Å²) in [6.45, 7) is 4.12. The van der Waals surface area contributed by atoms with E-state index in [1.165, 1.54) is 0 Å². The molecule has 0 radical (unpaired) electrons. The molecule has 1 aliphatic heterocycles. The molecule has 4 rings (SSSR count). The molecule has 0 saturated carbocycles. The molecule has 1 saturated heterocycles. The lowest BCUT2D eigenvalue weighted by Crippen LogP contribution is -2.28. The van der Waals surface area contributed by atoms with Crippen LogP contribution in [-0.4, -0.2) is 64.0 Å². The molecule has 1 fully saturated rings. The van der Waals surface area contributed by atoms with E-state index in [-0.39, 0.29) is 24.2 Å². The quantitative estimate of drug-likeness (QED) is 0.500. The third-order valence-electron chi connectivity index (χ3n) is 6.28. The predicted octanol–water partition coefficient (Wildman–Crippen LogP) is 4.82. The van der Waals surface area contributed by atoms with Crippen molar-refractivity contribution in [2.24, 2.45) is 0 Å². The zero-order valence-electron chi connectivity index (χ0n) is 21.0. The van der Waals surface area contributed by atoms with Crippen LogP contribution >= 0.6 is 12.4 Å². The predicted molar refractivity (Wildman–Crippen MR) is 151 cm³/mol. The number of rotatable bonds is 6. The van der Waals surface area contributed by atoms with Gasteiger partial charge in [-0.2, -0.15) is 0 Å². The first kappa shape index (κ1) is 27.0. The van der Waals surface area contributed by atoms with Gasteiger partial charge in [0.1, 0.15) is 0 Å². The van der Waals surface area contributed by atoms with Crippen LogP contribution in [0, 0.1) is 0 Å². The van der Waals surface area contributed by atoms with Crippen LogP contribution in [0.25, 0.3) is 0 Å². The molecule has 190 valence electrons. The molecule has 8 heteroatoms. The largest absolute Gasteiger partial charge is 0.378 e. The van der Waals surface area contributed by atoms with Gasteiger partial charge in [0, 0.05) is 56.4 Å². The lowest BCUT2D eigenvalue weighted by Gasteiger charge is -2.23. The zero-order chi connectivity index (χ0) is 24.8. The van der Waals surface area contributed by atoms with Crippen molar-refractivity contribution in [1.29, 1.82) is 0 Å². The van der Waals surface area contributed by atoms with E-state index in [4.69, 9.17) is 0 Å². The maximum absolute atomic E-state index is 13.0. The van der Waals surface area contributed by atoms with Crippen molar-refractivity contribution >= 4 is 47.0 Å². The van der Waals surface area contributed by atoms with Crippen molar-refractivity contribution in [1.82, 2.24) is 4.90 Å². The summed E-state index contributed by atoms with van der Waals surface area (Å²) in [6, 6.07) is 22.3. The van der Waals surface area contributed by atoms with Crippen molar-refractivity contribution in [3.8, 4) is 0 Å². The molecule has 0 unspecified atom stereocenters. The molecule has 36 heavy (non-hydrogen) atoms. The topological polar surface area (TPSA) is 67.9 Å². The molecule has 3 aromatic carbocycles. The highest BCUT2D eigenvalue weighted by Gasteiger charge is 2.16. The molecule has 1 aliphatic rings. The first-order chi connectivity index (χ1) is 16.9. The average Bonchev–Trinajstić information content (AvgIpc) is 3.09. The van der Waals surface area contributed by atoms with Gasteiger partial charge in [0.05, 0.1) is 11.3 Å². The number of nitrogens with zero attached hydrogens (tertiary/aromatic N) is 3. The summed E-state index contributed by atoms with van der Waals surface area (Å²) in [7, 11) is 6.08. The number of hydrogen-bond acceptors (Lipinski definition) is 5. The molecule has 7 nitrogen and oxygen atoms in total. The third-order valence-corrected chi connectivity index (χ3v) is 6.28. The maximum atomic E-state index is 13.0. The van der Waals surface area contributed by atoms with Gasteiger partial charge in [-0.1, -0.05) is 12.1 Å². The van der Waals surface area contributed by atoms with Crippen LogP contribution in [0.3, 0.4) is 0 Å². The Kier molecular flexibility index (Phi) is 9.33. The fourth-order valence-corrected chi connectivity index (χ4v) is 4.15. The Morgan fingerprint density at radius 2 is 1.47 bits per heavy atom. The summed E-state index contributed by atoms with van der Waals surface area (Å²) in [6.07, 6.45) is 1.12. The minimum Gasteiger partial charge on any atom is -0.378 e. The van der Waals surface area contributed by atoms with Crippen LogP contribution < -0.4 is 20.4 Å². The summed E-state index contributed by atoms with van der Waals surface area (Å²) in [4.78, 5) is 32.6. The number of nitrogens with one attached hydrogen (secondary N) is 2. The molecule has 1 heterocycles. The highest BCUT2D eigenvalue weighted by Crippen LogP contribution is 2.22. The number of hydrogen-bond donors (Lipinski definition) is 2. The first-order valence-electron chi connectivity index (χ1n) is 11.9. The van der Waals surface area contributed by atoms with E-state index < -0.39 is 0 Å². The fraction of sp³-hybridized carbons (Fsp3) is 0.286. The maximum Gasteiger partial charge on any atom is 0.257 e. The smallest absolute Gasteiger partial charge is 0.257 e. The second-order valence-electron chi connectivity index (χ2n) is 9.09. The number of anilines is 4. The van der Waals surface area contributed by atoms with E-state index in [0.29, 0.717) is 22.5 Å². The Hall–Kier alpha value is -3.55. The van der Waals surface area contributed by atoms with Crippen molar-refractivity contribution in [3.05, 3.63) is 83.9 Å². The normalized spacial score (nSPS) is 13.8. The Balaban J connectivity index is 0.00000361. The molecular weight excluding hydrogens is 474 g/mol. The Bertz CT molecular complexity index is 1170. The van der Waals surface area contributed by atoms with Crippen LogP contribution in [0.15, 0.2) is 72.8 Å². The summed E-state index contributed by atoms with van der Waals surface area (Å²) in [5, 5.41) is 5.82. The summed E-state index contributed by atoms with van der Waals surface area (Å²) < 4.78 is 0. The number of para-hydroxylation sites is 1. The molecule has 0 bridgehead atoms. The van der Waals surface area contributed by atoms with Crippen molar-refractivity contribution in [2.45, 2.75) is 6.42 Å². The van der Waals surface area contributed by atoms with Crippen LogP contribution in [0.5, 0.6) is 0 Å². The van der Waals surface area contributed by atoms with E-state index in [2.05, 4.69) is 27.5 Å². The summed E-state index contributed by atoms with van der Waals surface area (Å²) >= 11 is 0. The Morgan fingerprint density at radius 3 is 2.17 bits per heavy atom. The van der Waals surface area contributed by atoms with Gasteiger partial charge in [0.25, 0.3) is 11.8 Å². The molecule has 0 aliphatic carbocycles. The summed E-state index contributed by atoms with van der Waals surface area (Å²) in [5.41, 5.74) is 4.29. The van der Waals surface area contributed by atoms with Gasteiger partial charge >= 0.3 is 0 Å². The average molecular weight is 508 g/mol. The minimum absolute atomic E-state index is 0. The number of benzene rings is 3. The van der Waals surface area contributed by atoms with Gasteiger partial charge in [-0.25, -0.2) is 0 Å². The highest BCUT2D eigenvalue weighted by molar-refractivity contribution is 6.12. The van der Waals surface area contributed by atoms with E-state index in [1.807, 2.05) is 67.5 Å². The number of likely N-dealkylation sites (N-methyl/N-ethyl adjacent to an activating group) is 1. The zero-order valence-corrected chi connectivity index (χ0v) is 21.8. The molecule has 0 spiro atoms. The van der Waals surface area contributed by atoms with Gasteiger partial charge in [-0.05, 0) is 80.7 Å². The van der Waals surface area contributed by atoms with Crippen molar-refractivity contribution in [3.63, 3.8) is 0 Å². The fourth-order valence-electron chi connectivity index (χ4n) is 4.15. The molecule has 3 aromatic rings. The number of carbonyl (C=O) groups is 2. The molecule has 0 atom stereocenters. The molecule has 2 N–H and O–H groups in total. The standard InChI is InChI=1S/C28H33N5O2.ClH/c1-31(2)23-15-11-22(12-16-23)29-28(35)25-7-4-5-8-26(25)30-27(34)21-9-13-24(14-10-21)33-18-6-17-32(3)19-20-33;/h4-5,7-16H,6,17-20H2,1-3H3,(H,29,35)(H,30,34);1H. The van der Waals surface area contributed by atoms with Crippen LogP contribution in [0.4, 0.5) is 22.7 Å². The van der Waals surface area contributed by atoms with E-state index in [9.17, 15) is 9.59 Å². The van der Waals surface area contributed by atoms with E-state index in [0.717, 1.165) is 44.0 Å². The van der Waals surface area contributed by atoms with Crippen LogP contribution in [0.2, 0.25) is 0 Å². The minimum atomic E-state index is -0.278. The summed E-state index contributed by atoms with van der Waals surface area (Å²) in [5.74, 6) is -0.525. The second kappa shape index (κ2) is 12.4. The lowest BCUT2D eigenvalue weighted by molar-refractivity contribution is 0.102. The number of amides is 2. The third kappa shape index (κ3) is 6.77. The molecule has 2 amide bonds. The van der Waals surface area contributed by atoms with Gasteiger partial charge < -0.3 is 25.3 Å². The highest BCUT2D eigenvalue weighted by atomic mass is 35.5. The monoisotopic (exact) mass is 507 g/mol. The second-order valence-corrected chi connectivity index (χ2v) is 9.09. The van der Waals surface area contributed by atoms with Gasteiger partial charge in [0.15, 0.2) is 0 Å². The van der Waals surface area contributed by atoms with Crippen molar-refractivity contribution in [2.75, 3.05) is 67.8 Å².